The van der Waals surface area contributed by atoms with Gasteiger partial charge in [-0.3, -0.25) is 10.1 Å². The SMILES string of the molecule is COC(=O)C1=C(C)N=C2SC=CN2[C@H]1c1cccc([N+](=O)[O-])c1. The Labute approximate surface area is 136 Å². The first-order valence-electron chi connectivity index (χ1n) is 6.76. The number of aliphatic imine (C=N–C) groups is 1. The topological polar surface area (TPSA) is 85.0 Å². The molecule has 0 bridgehead atoms. The highest BCUT2D eigenvalue weighted by atomic mass is 32.2. The van der Waals surface area contributed by atoms with Crippen molar-refractivity contribution in [3.63, 3.8) is 0 Å². The van der Waals surface area contributed by atoms with Crippen LogP contribution < -0.4 is 0 Å². The maximum absolute atomic E-state index is 12.2. The van der Waals surface area contributed by atoms with E-state index in [2.05, 4.69) is 4.99 Å². The minimum atomic E-state index is -0.499. The molecule has 23 heavy (non-hydrogen) atoms. The van der Waals surface area contributed by atoms with E-state index in [1.54, 1.807) is 19.1 Å². The quantitative estimate of drug-likeness (QED) is 0.481. The maximum atomic E-state index is 12.2. The van der Waals surface area contributed by atoms with Crippen LogP contribution in [0.2, 0.25) is 0 Å². The zero-order valence-corrected chi connectivity index (χ0v) is 13.2. The van der Waals surface area contributed by atoms with E-state index in [1.807, 2.05) is 16.5 Å². The number of non-ortho nitro benzene ring substituents is 1. The summed E-state index contributed by atoms with van der Waals surface area (Å²) in [5, 5.41) is 13.6. The van der Waals surface area contributed by atoms with Crippen molar-refractivity contribution in [2.24, 2.45) is 4.99 Å². The average molecular weight is 331 g/mol. The number of benzene rings is 1. The van der Waals surface area contributed by atoms with Crippen LogP contribution >= 0.6 is 11.8 Å². The summed E-state index contributed by atoms with van der Waals surface area (Å²) in [4.78, 5) is 29.1. The van der Waals surface area contributed by atoms with Crippen molar-refractivity contribution >= 4 is 28.6 Å². The lowest BCUT2D eigenvalue weighted by molar-refractivity contribution is -0.384. The Morgan fingerprint density at radius 1 is 1.48 bits per heavy atom. The van der Waals surface area contributed by atoms with Crippen LogP contribution in [0.4, 0.5) is 5.69 Å². The Hall–Kier alpha value is -2.61. The van der Waals surface area contributed by atoms with Gasteiger partial charge in [-0.15, -0.1) is 0 Å². The van der Waals surface area contributed by atoms with Crippen LogP contribution in [0, 0.1) is 10.1 Å². The molecule has 0 aliphatic carbocycles. The zero-order chi connectivity index (χ0) is 16.6. The summed E-state index contributed by atoms with van der Waals surface area (Å²) in [6.45, 7) is 1.74. The molecule has 7 nitrogen and oxygen atoms in total. The second-order valence-electron chi connectivity index (χ2n) is 4.95. The van der Waals surface area contributed by atoms with Gasteiger partial charge in [0.2, 0.25) is 0 Å². The summed E-state index contributed by atoms with van der Waals surface area (Å²) in [5.74, 6) is -0.493. The highest BCUT2D eigenvalue weighted by Crippen LogP contribution is 2.41. The molecule has 0 saturated carbocycles. The lowest BCUT2D eigenvalue weighted by Gasteiger charge is -2.33. The van der Waals surface area contributed by atoms with E-state index >= 15 is 0 Å². The molecule has 0 spiro atoms. The zero-order valence-electron chi connectivity index (χ0n) is 12.4. The number of nitro groups is 1. The van der Waals surface area contributed by atoms with Gasteiger partial charge >= 0.3 is 5.97 Å². The van der Waals surface area contributed by atoms with Crippen molar-refractivity contribution in [1.82, 2.24) is 4.90 Å². The molecule has 0 fully saturated rings. The first-order chi connectivity index (χ1) is 11.0. The second-order valence-corrected chi connectivity index (χ2v) is 5.82. The summed E-state index contributed by atoms with van der Waals surface area (Å²) in [7, 11) is 1.31. The van der Waals surface area contributed by atoms with Crippen LogP contribution in [0.1, 0.15) is 18.5 Å². The largest absolute Gasteiger partial charge is 0.466 e. The summed E-state index contributed by atoms with van der Waals surface area (Å²) in [6, 6.07) is 5.76. The molecule has 0 unspecified atom stereocenters. The molecule has 1 aromatic carbocycles. The molecule has 2 aliphatic rings. The summed E-state index contributed by atoms with van der Waals surface area (Å²) < 4.78 is 4.88. The van der Waals surface area contributed by atoms with E-state index < -0.39 is 16.9 Å². The number of rotatable bonds is 3. The van der Waals surface area contributed by atoms with Crippen molar-refractivity contribution in [3.8, 4) is 0 Å². The predicted molar refractivity (Wildman–Crippen MR) is 86.6 cm³/mol. The number of amidine groups is 1. The Balaban J connectivity index is 2.15. The van der Waals surface area contributed by atoms with Gasteiger partial charge < -0.3 is 9.64 Å². The lowest BCUT2D eigenvalue weighted by Crippen LogP contribution is -2.33. The first-order valence-corrected chi connectivity index (χ1v) is 7.64. The molecule has 1 aromatic rings. The number of carbonyl (C=O) groups is 1. The number of hydrogen-bond donors (Lipinski definition) is 0. The third-order valence-electron chi connectivity index (χ3n) is 3.62. The smallest absolute Gasteiger partial charge is 0.338 e. The van der Waals surface area contributed by atoms with Crippen molar-refractivity contribution < 1.29 is 14.5 Å². The Bertz CT molecular complexity index is 785. The fraction of sp³-hybridized carbons (Fsp3) is 0.200. The fourth-order valence-electron chi connectivity index (χ4n) is 2.61. The van der Waals surface area contributed by atoms with Crippen LogP contribution in [0.3, 0.4) is 0 Å². The van der Waals surface area contributed by atoms with E-state index in [0.717, 1.165) is 5.17 Å². The molecule has 0 saturated heterocycles. The molecule has 0 amide bonds. The highest BCUT2D eigenvalue weighted by molar-refractivity contribution is 8.16. The molecule has 0 N–H and O–H groups in total. The molecule has 0 aromatic heterocycles. The molecular formula is C15H13N3O4S. The van der Waals surface area contributed by atoms with Gasteiger partial charge in [0.05, 0.1) is 29.3 Å². The number of methoxy groups -OCH3 is 1. The number of hydrogen-bond acceptors (Lipinski definition) is 7. The molecule has 118 valence electrons. The van der Waals surface area contributed by atoms with Gasteiger partial charge in [0.15, 0.2) is 5.17 Å². The number of fused-ring (bicyclic) bond motifs is 1. The van der Waals surface area contributed by atoms with Gasteiger partial charge in [-0.25, -0.2) is 9.79 Å². The van der Waals surface area contributed by atoms with Gasteiger partial charge in [-0.05, 0) is 17.9 Å². The second kappa shape index (κ2) is 5.88. The first kappa shape index (κ1) is 15.3. The molecule has 0 radical (unpaired) electrons. The number of nitrogens with zero attached hydrogens (tertiary/aromatic N) is 3. The number of nitro benzene ring substituents is 1. The van der Waals surface area contributed by atoms with Gasteiger partial charge in [0, 0.05) is 18.3 Å². The number of allylic oxidation sites excluding steroid dienone is 1. The van der Waals surface area contributed by atoms with Crippen molar-refractivity contribution in [2.45, 2.75) is 13.0 Å². The lowest BCUT2D eigenvalue weighted by atomic mass is 9.94. The standard InChI is InChI=1S/C15H13N3O4S/c1-9-12(14(19)22-2)13(17-6-7-23-15(17)16-9)10-4-3-5-11(8-10)18(20)21/h3-8,13H,1-2H3/t13-/m0/s1. The molecule has 2 heterocycles. The molecule has 3 rings (SSSR count). The average Bonchev–Trinajstić information content (AvgIpc) is 3.00. The van der Waals surface area contributed by atoms with E-state index in [9.17, 15) is 14.9 Å². The molecule has 2 aliphatic heterocycles. The minimum Gasteiger partial charge on any atom is -0.466 e. The van der Waals surface area contributed by atoms with E-state index in [-0.39, 0.29) is 5.69 Å². The highest BCUT2D eigenvalue weighted by Gasteiger charge is 2.37. The fourth-order valence-corrected chi connectivity index (χ4v) is 3.40. The summed E-state index contributed by atoms with van der Waals surface area (Å²) >= 11 is 1.44. The van der Waals surface area contributed by atoms with Crippen LogP contribution in [-0.2, 0) is 9.53 Å². The van der Waals surface area contributed by atoms with Crippen molar-refractivity contribution in [2.75, 3.05) is 7.11 Å². The van der Waals surface area contributed by atoms with E-state index in [4.69, 9.17) is 4.74 Å². The molecule has 1 atom stereocenters. The van der Waals surface area contributed by atoms with Gasteiger partial charge in [0.1, 0.15) is 0 Å². The van der Waals surface area contributed by atoms with Crippen LogP contribution in [-0.4, -0.2) is 28.1 Å². The van der Waals surface area contributed by atoms with Crippen LogP contribution in [0.25, 0.3) is 0 Å². The third-order valence-corrected chi connectivity index (χ3v) is 4.39. The van der Waals surface area contributed by atoms with Gasteiger partial charge in [-0.2, -0.15) is 0 Å². The Morgan fingerprint density at radius 2 is 2.26 bits per heavy atom. The number of thioether (sulfide) groups is 1. The van der Waals surface area contributed by atoms with Gasteiger partial charge in [0.25, 0.3) is 5.69 Å². The predicted octanol–water partition coefficient (Wildman–Crippen LogP) is 2.97. The molecular weight excluding hydrogens is 318 g/mol. The van der Waals surface area contributed by atoms with Gasteiger partial charge in [-0.1, -0.05) is 23.9 Å². The monoisotopic (exact) mass is 331 g/mol. The summed E-state index contributed by atoms with van der Waals surface area (Å²) in [5.41, 5.74) is 1.54. The number of esters is 1. The number of ether oxygens (including phenoxy) is 1. The minimum absolute atomic E-state index is 0.0238. The van der Waals surface area contributed by atoms with Crippen molar-refractivity contribution in [1.29, 1.82) is 0 Å². The molecule has 8 heteroatoms. The maximum Gasteiger partial charge on any atom is 0.338 e. The van der Waals surface area contributed by atoms with Crippen LogP contribution in [0.15, 0.2) is 52.1 Å². The third kappa shape index (κ3) is 2.61. The normalized spacial score (nSPS) is 19.5. The van der Waals surface area contributed by atoms with E-state index in [0.29, 0.717) is 16.8 Å². The summed E-state index contributed by atoms with van der Waals surface area (Å²) in [6.07, 6.45) is 1.81. The van der Waals surface area contributed by atoms with Crippen molar-refractivity contribution in [3.05, 3.63) is 62.8 Å². The number of carbonyl (C=O) groups excluding carboxylic acids is 1. The Morgan fingerprint density at radius 3 is 2.96 bits per heavy atom. The van der Waals surface area contributed by atoms with E-state index in [1.165, 1.54) is 31.0 Å². The Kier molecular flexibility index (Phi) is 3.91. The van der Waals surface area contributed by atoms with Crippen LogP contribution in [0.5, 0.6) is 0 Å².